The fourth-order valence-electron chi connectivity index (χ4n) is 4.17. The maximum absolute atomic E-state index is 4.48. The summed E-state index contributed by atoms with van der Waals surface area (Å²) in [5, 5.41) is 12.8. The molecule has 0 fully saturated rings. The minimum atomic E-state index is 0.0169. The van der Waals surface area contributed by atoms with E-state index in [0.29, 0.717) is 6.54 Å². The molecule has 0 radical (unpaired) electrons. The summed E-state index contributed by atoms with van der Waals surface area (Å²) in [6.07, 6.45) is 1.04. The molecule has 0 N–H and O–H groups in total. The topological polar surface area (TPSA) is 46.8 Å². The molecular weight excluding hydrogens is 358 g/mol. The molecule has 1 aliphatic heterocycles. The molecule has 0 aliphatic carbocycles. The van der Waals surface area contributed by atoms with Crippen LogP contribution in [-0.2, 0) is 19.5 Å². The first-order chi connectivity index (χ1) is 14.4. The van der Waals surface area contributed by atoms with E-state index in [2.05, 4.69) is 99.3 Å². The van der Waals surface area contributed by atoms with Crippen LogP contribution < -0.4 is 0 Å². The van der Waals surface area contributed by atoms with Crippen molar-refractivity contribution in [3.63, 3.8) is 0 Å². The van der Waals surface area contributed by atoms with Crippen molar-refractivity contribution in [3.8, 4) is 0 Å². The van der Waals surface area contributed by atoms with Gasteiger partial charge in [-0.05, 0) is 39.1 Å². The lowest BCUT2D eigenvalue weighted by Gasteiger charge is -2.35. The summed E-state index contributed by atoms with van der Waals surface area (Å²) in [4.78, 5) is 2.49. The van der Waals surface area contributed by atoms with Gasteiger partial charge in [0.05, 0.1) is 12.6 Å². The molecule has 144 valence electrons. The number of tetrazole rings is 1. The van der Waals surface area contributed by atoms with E-state index in [1.807, 2.05) is 10.7 Å². The van der Waals surface area contributed by atoms with E-state index in [1.54, 1.807) is 0 Å². The van der Waals surface area contributed by atoms with Crippen LogP contribution in [0.2, 0.25) is 0 Å². The van der Waals surface area contributed by atoms with Gasteiger partial charge in [0.2, 0.25) is 0 Å². The number of hydrogen-bond acceptors (Lipinski definition) is 4. The van der Waals surface area contributed by atoms with Crippen molar-refractivity contribution < 1.29 is 0 Å². The van der Waals surface area contributed by atoms with Crippen LogP contribution in [0.15, 0.2) is 84.9 Å². The average molecular weight is 381 g/mol. The van der Waals surface area contributed by atoms with Gasteiger partial charge in [-0.25, -0.2) is 4.68 Å². The van der Waals surface area contributed by atoms with E-state index in [9.17, 15) is 0 Å². The smallest absolute Gasteiger partial charge is 0.173 e. The molecule has 0 bridgehead atoms. The van der Waals surface area contributed by atoms with Gasteiger partial charge in [-0.15, -0.1) is 5.10 Å². The van der Waals surface area contributed by atoms with Gasteiger partial charge in [-0.2, -0.15) is 0 Å². The standard InChI is InChI=1S/C24H23N5/c1-3-9-19(10-4-1)17-29-24(25-26-27-29)23(21-12-5-2-6-13-21)28-16-15-20-11-7-8-14-22(20)18-28/h1-14,23H,15-18H2/t23-/m0/s1. The molecule has 0 amide bonds. The molecule has 0 saturated carbocycles. The Morgan fingerprint density at radius 2 is 1.48 bits per heavy atom. The van der Waals surface area contributed by atoms with E-state index >= 15 is 0 Å². The molecule has 2 heterocycles. The highest BCUT2D eigenvalue weighted by Crippen LogP contribution is 2.32. The number of hydrogen-bond donors (Lipinski definition) is 0. The van der Waals surface area contributed by atoms with Crippen molar-refractivity contribution in [1.82, 2.24) is 25.1 Å². The zero-order valence-corrected chi connectivity index (χ0v) is 16.2. The molecule has 4 aromatic rings. The lowest BCUT2D eigenvalue weighted by atomic mass is 9.96. The molecule has 0 unspecified atom stereocenters. The maximum Gasteiger partial charge on any atom is 0.173 e. The summed E-state index contributed by atoms with van der Waals surface area (Å²) in [5.74, 6) is 0.888. The highest BCUT2D eigenvalue weighted by molar-refractivity contribution is 5.32. The fraction of sp³-hybridized carbons (Fsp3) is 0.208. The number of rotatable bonds is 5. The summed E-state index contributed by atoms with van der Waals surface area (Å²) in [6, 6.07) is 29.7. The van der Waals surface area contributed by atoms with Gasteiger partial charge in [0.25, 0.3) is 0 Å². The molecule has 29 heavy (non-hydrogen) atoms. The molecular formula is C24H23N5. The first kappa shape index (κ1) is 17.8. The lowest BCUT2D eigenvalue weighted by Crippen LogP contribution is -2.36. The SMILES string of the molecule is c1ccc(Cn2nnnc2[C@H](c2ccccc2)N2CCc3ccccc3C2)cc1. The van der Waals surface area contributed by atoms with Crippen molar-refractivity contribution in [2.75, 3.05) is 6.54 Å². The minimum Gasteiger partial charge on any atom is -0.285 e. The van der Waals surface area contributed by atoms with Crippen LogP contribution in [0.25, 0.3) is 0 Å². The van der Waals surface area contributed by atoms with Crippen molar-refractivity contribution in [1.29, 1.82) is 0 Å². The van der Waals surface area contributed by atoms with Gasteiger partial charge in [0, 0.05) is 13.1 Å². The van der Waals surface area contributed by atoms with Crippen molar-refractivity contribution >= 4 is 0 Å². The van der Waals surface area contributed by atoms with Gasteiger partial charge < -0.3 is 0 Å². The second-order valence-electron chi connectivity index (χ2n) is 7.48. The van der Waals surface area contributed by atoms with Crippen LogP contribution in [0.3, 0.4) is 0 Å². The largest absolute Gasteiger partial charge is 0.285 e. The van der Waals surface area contributed by atoms with E-state index < -0.39 is 0 Å². The Morgan fingerprint density at radius 1 is 0.793 bits per heavy atom. The third kappa shape index (κ3) is 3.69. The zero-order chi connectivity index (χ0) is 19.5. The monoisotopic (exact) mass is 381 g/mol. The van der Waals surface area contributed by atoms with E-state index in [1.165, 1.54) is 22.3 Å². The van der Waals surface area contributed by atoms with Gasteiger partial charge >= 0.3 is 0 Å². The second-order valence-corrected chi connectivity index (χ2v) is 7.48. The van der Waals surface area contributed by atoms with Gasteiger partial charge in [-0.1, -0.05) is 84.9 Å². The number of fused-ring (bicyclic) bond motifs is 1. The zero-order valence-electron chi connectivity index (χ0n) is 16.2. The molecule has 5 nitrogen and oxygen atoms in total. The van der Waals surface area contributed by atoms with Gasteiger partial charge in [0.1, 0.15) is 0 Å². The molecule has 5 heteroatoms. The molecule has 1 aliphatic rings. The highest BCUT2D eigenvalue weighted by Gasteiger charge is 2.30. The Labute approximate surface area is 170 Å². The maximum atomic E-state index is 4.48. The predicted octanol–water partition coefficient (Wildman–Crippen LogP) is 3.87. The minimum absolute atomic E-state index is 0.0169. The molecule has 0 spiro atoms. The van der Waals surface area contributed by atoms with Crippen LogP contribution in [0, 0.1) is 0 Å². The third-order valence-corrected chi connectivity index (χ3v) is 5.62. The van der Waals surface area contributed by atoms with E-state index in [0.717, 1.165) is 25.3 Å². The van der Waals surface area contributed by atoms with Crippen molar-refractivity contribution in [3.05, 3.63) is 113 Å². The Bertz CT molecular complexity index is 1070. The second kappa shape index (κ2) is 7.97. The third-order valence-electron chi connectivity index (χ3n) is 5.62. The Balaban J connectivity index is 1.52. The molecule has 0 saturated heterocycles. The van der Waals surface area contributed by atoms with Crippen LogP contribution in [0.1, 0.15) is 34.1 Å². The molecule has 5 rings (SSSR count). The van der Waals surface area contributed by atoms with Crippen LogP contribution in [-0.4, -0.2) is 31.7 Å². The summed E-state index contributed by atoms with van der Waals surface area (Å²) in [7, 11) is 0. The van der Waals surface area contributed by atoms with Gasteiger partial charge in [-0.3, -0.25) is 4.90 Å². The summed E-state index contributed by atoms with van der Waals surface area (Å²) < 4.78 is 1.94. The Hall–Kier alpha value is -3.31. The highest BCUT2D eigenvalue weighted by atomic mass is 15.5. The fourth-order valence-corrected chi connectivity index (χ4v) is 4.17. The van der Waals surface area contributed by atoms with Crippen molar-refractivity contribution in [2.24, 2.45) is 0 Å². The normalized spacial score (nSPS) is 15.0. The van der Waals surface area contributed by atoms with Crippen molar-refractivity contribution in [2.45, 2.75) is 25.6 Å². The average Bonchev–Trinajstić information content (AvgIpc) is 3.23. The van der Waals surface area contributed by atoms with Crippen LogP contribution in [0.5, 0.6) is 0 Å². The number of aromatic nitrogens is 4. The predicted molar refractivity (Wildman–Crippen MR) is 112 cm³/mol. The molecule has 1 aromatic heterocycles. The Kier molecular flexibility index (Phi) is 4.88. The van der Waals surface area contributed by atoms with Crippen LogP contribution in [0.4, 0.5) is 0 Å². The first-order valence-electron chi connectivity index (χ1n) is 10.0. The first-order valence-corrected chi connectivity index (χ1v) is 10.0. The van der Waals surface area contributed by atoms with Gasteiger partial charge in [0.15, 0.2) is 5.82 Å². The molecule has 3 aromatic carbocycles. The van der Waals surface area contributed by atoms with Crippen LogP contribution >= 0.6 is 0 Å². The summed E-state index contributed by atoms with van der Waals surface area (Å²) >= 11 is 0. The van der Waals surface area contributed by atoms with E-state index in [4.69, 9.17) is 0 Å². The Morgan fingerprint density at radius 3 is 2.28 bits per heavy atom. The molecule has 1 atom stereocenters. The quantitative estimate of drug-likeness (QED) is 0.527. The summed E-state index contributed by atoms with van der Waals surface area (Å²) in [5.41, 5.74) is 5.24. The summed E-state index contributed by atoms with van der Waals surface area (Å²) in [6.45, 7) is 2.54. The van der Waals surface area contributed by atoms with E-state index in [-0.39, 0.29) is 6.04 Å². The number of benzene rings is 3. The number of nitrogens with zero attached hydrogens (tertiary/aromatic N) is 5. The lowest BCUT2D eigenvalue weighted by molar-refractivity contribution is 0.195.